The van der Waals surface area contributed by atoms with Crippen LogP contribution in [0, 0.1) is 29.3 Å². The number of Topliss-reactive ketones (excluding diaryl/α,β-unsaturated/α-hetero) is 1. The van der Waals surface area contributed by atoms with E-state index >= 15 is 0 Å². The van der Waals surface area contributed by atoms with Gasteiger partial charge in [-0.3, -0.25) is 14.4 Å². The van der Waals surface area contributed by atoms with Gasteiger partial charge in [0.25, 0.3) is 5.91 Å². The van der Waals surface area contributed by atoms with Gasteiger partial charge in [0.2, 0.25) is 11.0 Å². The van der Waals surface area contributed by atoms with E-state index in [4.69, 9.17) is 11.2 Å². The van der Waals surface area contributed by atoms with E-state index in [2.05, 4.69) is 33.1 Å². The van der Waals surface area contributed by atoms with Gasteiger partial charge in [0, 0.05) is 43.9 Å². The molecule has 1 aromatic heterocycles. The van der Waals surface area contributed by atoms with Crippen LogP contribution in [0.1, 0.15) is 36.0 Å². The predicted molar refractivity (Wildman–Crippen MR) is 153 cm³/mol. The average Bonchev–Trinajstić information content (AvgIpc) is 3.78. The zero-order valence-electron chi connectivity index (χ0n) is 23.1. The van der Waals surface area contributed by atoms with Gasteiger partial charge in [0.05, 0.1) is 5.92 Å². The smallest absolute Gasteiger partial charge is 0.251 e. The number of fused-ring (bicyclic) bond motifs is 1. The lowest BCUT2D eigenvalue weighted by Crippen LogP contribution is -2.54. The van der Waals surface area contributed by atoms with Gasteiger partial charge in [-0.25, -0.2) is 4.98 Å². The Hall–Kier alpha value is -3.33. The molecular weight excluding hydrogens is 545 g/mol. The number of anilines is 1. The van der Waals surface area contributed by atoms with Crippen LogP contribution in [0.15, 0.2) is 24.3 Å². The third-order valence-electron chi connectivity index (χ3n) is 8.87. The minimum atomic E-state index is -0.766. The lowest BCUT2D eigenvalue weighted by atomic mass is 9.95. The van der Waals surface area contributed by atoms with Crippen LogP contribution in [0.3, 0.4) is 0 Å². The van der Waals surface area contributed by atoms with Crippen LogP contribution >= 0.6 is 11.3 Å². The Kier molecular flexibility index (Phi) is 7.81. The van der Waals surface area contributed by atoms with Gasteiger partial charge in [-0.2, -0.15) is 4.39 Å². The fourth-order valence-corrected chi connectivity index (χ4v) is 7.36. The number of ketones is 1. The molecule has 1 aliphatic carbocycles. The normalized spacial score (nSPS) is 25.8. The number of hydrogen-bond acceptors (Lipinski definition) is 8. The molecule has 1 N–H and O–H groups in total. The zero-order valence-corrected chi connectivity index (χ0v) is 23.9. The van der Waals surface area contributed by atoms with Gasteiger partial charge in [0.15, 0.2) is 10.9 Å². The van der Waals surface area contributed by atoms with Crippen LogP contribution in [0.25, 0.3) is 11.3 Å². The second-order valence-electron chi connectivity index (χ2n) is 11.4. The Morgan fingerprint density at radius 3 is 2.56 bits per heavy atom. The number of ether oxygens (including phenoxy) is 1. The maximum Gasteiger partial charge on any atom is 0.251 e. The Morgan fingerprint density at radius 2 is 1.88 bits per heavy atom. The first-order chi connectivity index (χ1) is 19.8. The molecule has 2 aromatic rings. The lowest BCUT2D eigenvalue weighted by molar-refractivity contribution is -0.139. The number of halogens is 1. The molecule has 6 rings (SSSR count). The highest BCUT2D eigenvalue weighted by molar-refractivity contribution is 7.14. The number of carbonyl (C=O) groups is 3. The first-order valence-corrected chi connectivity index (χ1v) is 15.1. The van der Waals surface area contributed by atoms with Crippen molar-refractivity contribution in [3.63, 3.8) is 0 Å². The number of thiazole rings is 1. The first kappa shape index (κ1) is 27.8. The monoisotopic (exact) mass is 579 g/mol. The number of nitrogens with zero attached hydrogens (tertiary/aromatic N) is 4. The molecule has 0 bridgehead atoms. The van der Waals surface area contributed by atoms with Crippen LogP contribution < -0.4 is 10.2 Å². The van der Waals surface area contributed by atoms with E-state index in [1.807, 2.05) is 0 Å². The van der Waals surface area contributed by atoms with Crippen molar-refractivity contribution in [2.45, 2.75) is 43.9 Å². The highest BCUT2D eigenvalue weighted by Crippen LogP contribution is 2.35. The summed E-state index contributed by atoms with van der Waals surface area (Å²) in [6.07, 6.45) is 8.79. The SMILES string of the molecule is C#C[C@@H]1CN(C(=O)[C@@H](NC(=O)c2ccc(-c3nc(N4CCN(C)CC4)sc3F)cc2)C2CCCC2)[C@@H]2C(=O)CO[C@H]12. The number of terminal acetylenes is 1. The molecule has 11 heteroatoms. The van der Waals surface area contributed by atoms with Crippen molar-refractivity contribution < 1.29 is 23.5 Å². The van der Waals surface area contributed by atoms with Crippen molar-refractivity contribution in [1.82, 2.24) is 20.1 Å². The Bertz CT molecular complexity index is 1360. The molecular formula is C30H34FN5O4S. The molecule has 1 saturated carbocycles. The number of amides is 2. The quantitative estimate of drug-likeness (QED) is 0.526. The lowest BCUT2D eigenvalue weighted by Gasteiger charge is -2.31. The highest BCUT2D eigenvalue weighted by Gasteiger charge is 2.53. The van der Waals surface area contributed by atoms with Crippen molar-refractivity contribution in [1.29, 1.82) is 0 Å². The van der Waals surface area contributed by atoms with Crippen molar-refractivity contribution in [2.24, 2.45) is 11.8 Å². The molecule has 1 aromatic carbocycles. The molecule has 0 unspecified atom stereocenters. The van der Waals surface area contributed by atoms with Gasteiger partial charge >= 0.3 is 0 Å². The predicted octanol–water partition coefficient (Wildman–Crippen LogP) is 2.42. The third-order valence-corrected chi connectivity index (χ3v) is 9.78. The molecule has 41 heavy (non-hydrogen) atoms. The fraction of sp³-hybridized carbons (Fsp3) is 0.533. The van der Waals surface area contributed by atoms with Crippen LogP contribution in [0.4, 0.5) is 9.52 Å². The summed E-state index contributed by atoms with van der Waals surface area (Å²) in [7, 11) is 2.07. The van der Waals surface area contributed by atoms with Crippen LogP contribution in [-0.4, -0.2) is 96.9 Å². The minimum Gasteiger partial charge on any atom is -0.366 e. The largest absolute Gasteiger partial charge is 0.366 e. The maximum absolute atomic E-state index is 14.9. The second kappa shape index (κ2) is 11.5. The summed E-state index contributed by atoms with van der Waals surface area (Å²) in [5.41, 5.74) is 1.22. The zero-order chi connectivity index (χ0) is 28.7. The number of carbonyl (C=O) groups excluding carboxylic acids is 3. The summed E-state index contributed by atoms with van der Waals surface area (Å²) in [5, 5.41) is 3.27. The van der Waals surface area contributed by atoms with Crippen LogP contribution in [0.2, 0.25) is 0 Å². The molecule has 2 amide bonds. The molecule has 3 aliphatic heterocycles. The first-order valence-electron chi connectivity index (χ1n) is 14.3. The molecule has 9 nitrogen and oxygen atoms in total. The summed E-state index contributed by atoms with van der Waals surface area (Å²) in [5.74, 6) is 1.46. The molecule has 4 fully saturated rings. The third kappa shape index (κ3) is 5.36. The molecule has 0 spiro atoms. The van der Waals surface area contributed by atoms with Gasteiger partial charge in [-0.15, -0.1) is 6.42 Å². The number of likely N-dealkylation sites (N-methyl/N-ethyl adjacent to an activating group) is 1. The van der Waals surface area contributed by atoms with Gasteiger partial charge in [-0.05, 0) is 37.9 Å². The molecule has 4 atom stereocenters. The summed E-state index contributed by atoms with van der Waals surface area (Å²) in [6, 6.07) is 5.16. The van der Waals surface area contributed by atoms with E-state index in [1.165, 1.54) is 4.90 Å². The molecule has 216 valence electrons. The summed E-state index contributed by atoms with van der Waals surface area (Å²) >= 11 is 1.04. The van der Waals surface area contributed by atoms with E-state index in [1.54, 1.807) is 24.3 Å². The number of likely N-dealkylation sites (tertiary alicyclic amines) is 1. The summed E-state index contributed by atoms with van der Waals surface area (Å²) in [6.45, 7) is 3.58. The number of benzene rings is 1. The Balaban J connectivity index is 1.17. The standard InChI is InChI=1S/C30H34FN5O4S/c1-3-18-16-36(25-22(37)17-40-26(18)25)29(39)24(19-6-4-5-7-19)32-28(38)21-10-8-20(9-11-21)23-27(31)41-30(33-23)35-14-12-34(2)13-15-35/h1,8-11,18-19,24-26H,4-7,12-17H2,2H3,(H,32,38)/t18-,24+,25-,26-/m1/s1. The molecule has 3 saturated heterocycles. The number of aromatic nitrogens is 1. The average molecular weight is 580 g/mol. The molecule has 4 heterocycles. The number of rotatable bonds is 6. The van der Waals surface area contributed by atoms with Crippen LogP contribution in [0.5, 0.6) is 0 Å². The summed E-state index contributed by atoms with van der Waals surface area (Å²) < 4.78 is 20.5. The molecule has 0 radical (unpaired) electrons. The van der Waals surface area contributed by atoms with Crippen molar-refractivity contribution in [3.8, 4) is 23.6 Å². The van der Waals surface area contributed by atoms with E-state index in [0.717, 1.165) is 63.2 Å². The summed E-state index contributed by atoms with van der Waals surface area (Å²) in [4.78, 5) is 50.3. The van der Waals surface area contributed by atoms with Gasteiger partial charge in [0.1, 0.15) is 30.5 Å². The minimum absolute atomic E-state index is 0.0245. The molecule has 4 aliphatic rings. The maximum atomic E-state index is 14.9. The fourth-order valence-electron chi connectivity index (χ4n) is 6.49. The van der Waals surface area contributed by atoms with Gasteiger partial charge in [-0.1, -0.05) is 42.2 Å². The Morgan fingerprint density at radius 1 is 1.17 bits per heavy atom. The van der Waals surface area contributed by atoms with E-state index in [0.29, 0.717) is 16.3 Å². The van der Waals surface area contributed by atoms with E-state index < -0.39 is 24.1 Å². The topological polar surface area (TPSA) is 95.1 Å². The number of nitrogens with one attached hydrogen (secondary N) is 1. The van der Waals surface area contributed by atoms with E-state index in [9.17, 15) is 18.8 Å². The van der Waals surface area contributed by atoms with Crippen LogP contribution in [-0.2, 0) is 14.3 Å². The van der Waals surface area contributed by atoms with Gasteiger partial charge < -0.3 is 24.8 Å². The van der Waals surface area contributed by atoms with Crippen molar-refractivity contribution >= 4 is 34.1 Å². The van der Waals surface area contributed by atoms with Crippen molar-refractivity contribution in [2.75, 3.05) is 51.3 Å². The number of hydrogen-bond donors (Lipinski definition) is 1. The highest BCUT2D eigenvalue weighted by atomic mass is 32.1. The number of piperazine rings is 1. The van der Waals surface area contributed by atoms with E-state index in [-0.39, 0.29) is 47.5 Å². The second-order valence-corrected chi connectivity index (χ2v) is 12.4. The van der Waals surface area contributed by atoms with Crippen molar-refractivity contribution in [3.05, 3.63) is 35.0 Å². The Labute approximate surface area is 243 Å².